The SMILES string of the molecule is C=CCn1c(SCC(=O)Nc2ccc(F)c([N+](=O)[O-])c2)nnc1-c1ccccc1. The third-order valence-electron chi connectivity index (χ3n) is 3.82. The number of benzene rings is 2. The third-order valence-corrected chi connectivity index (χ3v) is 4.79. The predicted octanol–water partition coefficient (Wildman–Crippen LogP) is 3.91. The van der Waals surface area contributed by atoms with E-state index in [1.165, 1.54) is 17.8 Å². The van der Waals surface area contributed by atoms with Crippen LogP contribution in [-0.2, 0) is 11.3 Å². The molecule has 29 heavy (non-hydrogen) atoms. The number of nitrogens with zero attached hydrogens (tertiary/aromatic N) is 4. The Morgan fingerprint density at radius 3 is 2.72 bits per heavy atom. The van der Waals surface area contributed by atoms with Crippen molar-refractivity contribution in [3.63, 3.8) is 0 Å². The van der Waals surface area contributed by atoms with Crippen LogP contribution < -0.4 is 5.32 Å². The fourth-order valence-electron chi connectivity index (χ4n) is 2.55. The summed E-state index contributed by atoms with van der Waals surface area (Å²) in [7, 11) is 0. The molecule has 0 spiro atoms. The minimum absolute atomic E-state index is 0.00472. The normalized spacial score (nSPS) is 10.5. The largest absolute Gasteiger partial charge is 0.325 e. The molecule has 1 heterocycles. The van der Waals surface area contributed by atoms with E-state index in [1.54, 1.807) is 6.08 Å². The first-order valence-electron chi connectivity index (χ1n) is 8.45. The molecule has 3 rings (SSSR count). The minimum Gasteiger partial charge on any atom is -0.325 e. The summed E-state index contributed by atoms with van der Waals surface area (Å²) in [5.41, 5.74) is 0.326. The summed E-state index contributed by atoms with van der Waals surface area (Å²) in [5.74, 6) is -0.726. The van der Waals surface area contributed by atoms with Gasteiger partial charge < -0.3 is 5.32 Å². The fraction of sp³-hybridized carbons (Fsp3) is 0.105. The van der Waals surface area contributed by atoms with Crippen LogP contribution in [0, 0.1) is 15.9 Å². The van der Waals surface area contributed by atoms with Crippen LogP contribution in [0.3, 0.4) is 0 Å². The van der Waals surface area contributed by atoms with Gasteiger partial charge in [0, 0.05) is 23.9 Å². The first kappa shape index (κ1) is 20.2. The van der Waals surface area contributed by atoms with Gasteiger partial charge >= 0.3 is 5.69 Å². The average molecular weight is 413 g/mol. The number of hydrogen-bond donors (Lipinski definition) is 1. The zero-order valence-corrected chi connectivity index (χ0v) is 15.9. The molecule has 1 amide bonds. The summed E-state index contributed by atoms with van der Waals surface area (Å²) in [6.07, 6.45) is 1.71. The molecule has 0 unspecified atom stereocenters. The Morgan fingerprint density at radius 1 is 1.28 bits per heavy atom. The van der Waals surface area contributed by atoms with Gasteiger partial charge in [-0.3, -0.25) is 19.5 Å². The maximum absolute atomic E-state index is 13.4. The molecule has 2 aromatic carbocycles. The zero-order valence-electron chi connectivity index (χ0n) is 15.1. The zero-order chi connectivity index (χ0) is 20.8. The van der Waals surface area contributed by atoms with Gasteiger partial charge in [0.05, 0.1) is 10.7 Å². The molecule has 0 atom stereocenters. The van der Waals surface area contributed by atoms with Crippen LogP contribution in [-0.4, -0.2) is 31.3 Å². The van der Waals surface area contributed by atoms with E-state index in [0.29, 0.717) is 17.5 Å². The van der Waals surface area contributed by atoms with Crippen molar-refractivity contribution in [1.29, 1.82) is 0 Å². The standard InChI is InChI=1S/C19H16FN5O3S/c1-2-10-24-18(13-6-4-3-5-7-13)22-23-19(24)29-12-17(26)21-14-8-9-15(20)16(11-14)25(27)28/h2-9,11H,1,10,12H2,(H,21,26). The number of aromatic nitrogens is 3. The molecule has 8 nitrogen and oxygen atoms in total. The maximum Gasteiger partial charge on any atom is 0.306 e. The fourth-order valence-corrected chi connectivity index (χ4v) is 3.30. The van der Waals surface area contributed by atoms with Crippen LogP contribution in [0.4, 0.5) is 15.8 Å². The Balaban J connectivity index is 1.71. The number of nitro groups is 1. The van der Waals surface area contributed by atoms with Crippen LogP contribution in [0.15, 0.2) is 66.3 Å². The highest BCUT2D eigenvalue weighted by Crippen LogP contribution is 2.25. The number of halogens is 1. The number of carbonyl (C=O) groups is 1. The van der Waals surface area contributed by atoms with Gasteiger partial charge in [0.25, 0.3) is 0 Å². The van der Waals surface area contributed by atoms with Gasteiger partial charge in [0.2, 0.25) is 11.7 Å². The number of nitro benzene ring substituents is 1. The number of anilines is 1. The first-order chi connectivity index (χ1) is 14.0. The topological polar surface area (TPSA) is 103 Å². The van der Waals surface area contributed by atoms with Gasteiger partial charge in [-0.25, -0.2) is 0 Å². The molecule has 1 aromatic heterocycles. The Labute approximate surface area is 169 Å². The smallest absolute Gasteiger partial charge is 0.306 e. The maximum atomic E-state index is 13.4. The third kappa shape index (κ3) is 4.85. The van der Waals surface area contributed by atoms with Gasteiger partial charge in [-0.1, -0.05) is 48.2 Å². The summed E-state index contributed by atoms with van der Waals surface area (Å²) in [6, 6.07) is 12.7. The lowest BCUT2D eigenvalue weighted by Crippen LogP contribution is -2.15. The van der Waals surface area contributed by atoms with Crippen LogP contribution in [0.5, 0.6) is 0 Å². The average Bonchev–Trinajstić information content (AvgIpc) is 3.11. The first-order valence-corrected chi connectivity index (χ1v) is 9.44. The quantitative estimate of drug-likeness (QED) is 0.260. The van der Waals surface area contributed by atoms with Crippen LogP contribution in [0.1, 0.15) is 0 Å². The van der Waals surface area contributed by atoms with E-state index < -0.39 is 22.3 Å². The summed E-state index contributed by atoms with van der Waals surface area (Å²) in [5, 5.41) is 22.2. The van der Waals surface area contributed by atoms with Crippen LogP contribution in [0.2, 0.25) is 0 Å². The second-order valence-corrected chi connectivity index (χ2v) is 6.77. The molecule has 0 bridgehead atoms. The van der Waals surface area contributed by atoms with Crippen molar-refractivity contribution in [1.82, 2.24) is 14.8 Å². The van der Waals surface area contributed by atoms with Crippen molar-refractivity contribution < 1.29 is 14.1 Å². The number of rotatable bonds is 8. The number of carbonyl (C=O) groups excluding carboxylic acids is 1. The van der Waals surface area contributed by atoms with E-state index in [2.05, 4.69) is 22.1 Å². The Hall–Kier alpha value is -3.53. The monoisotopic (exact) mass is 413 g/mol. The molecular weight excluding hydrogens is 397 g/mol. The van der Waals surface area contributed by atoms with E-state index >= 15 is 0 Å². The molecule has 0 saturated heterocycles. The summed E-state index contributed by atoms with van der Waals surface area (Å²) >= 11 is 1.17. The Morgan fingerprint density at radius 2 is 2.03 bits per heavy atom. The molecule has 0 aliphatic rings. The highest BCUT2D eigenvalue weighted by atomic mass is 32.2. The number of amides is 1. The van der Waals surface area contributed by atoms with E-state index in [1.807, 2.05) is 34.9 Å². The molecule has 148 valence electrons. The molecule has 0 saturated carbocycles. The van der Waals surface area contributed by atoms with Crippen molar-refractivity contribution in [3.8, 4) is 11.4 Å². The van der Waals surface area contributed by atoms with Crippen LogP contribution in [0.25, 0.3) is 11.4 Å². The Kier molecular flexibility index (Phi) is 6.35. The summed E-state index contributed by atoms with van der Waals surface area (Å²) in [6.45, 7) is 4.21. The molecule has 0 radical (unpaired) electrons. The van der Waals surface area contributed by atoms with E-state index in [4.69, 9.17) is 0 Å². The van der Waals surface area contributed by atoms with E-state index in [9.17, 15) is 19.3 Å². The lowest BCUT2D eigenvalue weighted by molar-refractivity contribution is -0.387. The molecule has 0 fully saturated rings. The highest BCUT2D eigenvalue weighted by molar-refractivity contribution is 7.99. The van der Waals surface area contributed by atoms with Crippen molar-refractivity contribution in [2.24, 2.45) is 0 Å². The molecule has 3 aromatic rings. The van der Waals surface area contributed by atoms with Crippen LogP contribution >= 0.6 is 11.8 Å². The minimum atomic E-state index is -0.964. The van der Waals surface area contributed by atoms with Crippen molar-refractivity contribution in [2.75, 3.05) is 11.1 Å². The second-order valence-electron chi connectivity index (χ2n) is 5.83. The van der Waals surface area contributed by atoms with Crippen molar-refractivity contribution in [2.45, 2.75) is 11.7 Å². The van der Waals surface area contributed by atoms with E-state index in [-0.39, 0.29) is 11.4 Å². The van der Waals surface area contributed by atoms with Crippen molar-refractivity contribution in [3.05, 3.63) is 77.1 Å². The molecule has 1 N–H and O–H groups in total. The number of thioether (sulfide) groups is 1. The molecule has 0 aliphatic carbocycles. The lowest BCUT2D eigenvalue weighted by Gasteiger charge is -2.08. The van der Waals surface area contributed by atoms with Gasteiger partial charge in [-0.15, -0.1) is 16.8 Å². The van der Waals surface area contributed by atoms with E-state index in [0.717, 1.165) is 17.7 Å². The molecule has 10 heteroatoms. The number of allylic oxidation sites excluding steroid dienone is 1. The summed E-state index contributed by atoms with van der Waals surface area (Å²) < 4.78 is 15.2. The Bertz CT molecular complexity index is 1060. The molecular formula is C19H16FN5O3S. The van der Waals surface area contributed by atoms with Gasteiger partial charge in [-0.2, -0.15) is 4.39 Å². The lowest BCUT2D eigenvalue weighted by atomic mass is 10.2. The predicted molar refractivity (Wildman–Crippen MR) is 108 cm³/mol. The second kappa shape index (κ2) is 9.11. The van der Waals surface area contributed by atoms with Gasteiger partial charge in [0.1, 0.15) is 0 Å². The van der Waals surface area contributed by atoms with Gasteiger partial charge in [-0.05, 0) is 12.1 Å². The summed E-state index contributed by atoms with van der Waals surface area (Å²) in [4.78, 5) is 22.2. The number of nitrogens with one attached hydrogen (secondary N) is 1. The van der Waals surface area contributed by atoms with Crippen molar-refractivity contribution >= 4 is 29.0 Å². The number of hydrogen-bond acceptors (Lipinski definition) is 6. The van der Waals surface area contributed by atoms with Gasteiger partial charge in [0.15, 0.2) is 11.0 Å². The highest BCUT2D eigenvalue weighted by Gasteiger charge is 2.17. The molecule has 0 aliphatic heterocycles.